The van der Waals surface area contributed by atoms with Gasteiger partial charge in [0.05, 0.1) is 17.3 Å². The summed E-state index contributed by atoms with van der Waals surface area (Å²) in [5.41, 5.74) is 2.82. The predicted octanol–water partition coefficient (Wildman–Crippen LogP) is 4.82. The molecular weight excluding hydrogens is 365 g/mol. The number of nitrogens with one attached hydrogen (secondary N) is 1. The van der Waals surface area contributed by atoms with Crippen LogP contribution in [0.1, 0.15) is 44.9 Å². The molecule has 0 spiro atoms. The molecule has 0 saturated carbocycles. The van der Waals surface area contributed by atoms with Crippen LogP contribution in [0.4, 0.5) is 10.1 Å². The molecule has 2 aromatic heterocycles. The fraction of sp³-hybridized carbons (Fsp3) is 0.458. The van der Waals surface area contributed by atoms with Crippen LogP contribution in [0.15, 0.2) is 42.7 Å². The topological polar surface area (TPSA) is 52.2 Å². The highest BCUT2D eigenvalue weighted by atomic mass is 19.1. The summed E-state index contributed by atoms with van der Waals surface area (Å²) >= 11 is 0. The van der Waals surface area contributed by atoms with Crippen LogP contribution in [-0.2, 0) is 11.8 Å². The number of rotatable bonds is 5. The maximum Gasteiger partial charge on any atom is 0.123 e. The lowest BCUT2D eigenvalue weighted by atomic mass is 9.66. The average molecular weight is 396 g/mol. The molecule has 3 heterocycles. The number of hydrogen-bond donors (Lipinski definition) is 2. The molecule has 2 atom stereocenters. The molecule has 29 heavy (non-hydrogen) atoms. The standard InChI is InChI=1S/C24H30FN3O/c1-16(2)24(29,13-19-11-17-7-9-26-14-21(17)27-19)15-23(3)8-10-28(4)22-6-5-18(25)12-20(22)23/h5-7,9,11-12,14,16,27,29H,8,10,13,15H2,1-4H3. The van der Waals surface area contributed by atoms with Gasteiger partial charge in [-0.25, -0.2) is 4.39 Å². The Morgan fingerprint density at radius 2 is 2.10 bits per heavy atom. The summed E-state index contributed by atoms with van der Waals surface area (Å²) in [6.45, 7) is 7.19. The van der Waals surface area contributed by atoms with E-state index in [0.717, 1.165) is 40.8 Å². The van der Waals surface area contributed by atoms with E-state index in [1.807, 2.05) is 25.4 Å². The van der Waals surface area contributed by atoms with Gasteiger partial charge in [0.15, 0.2) is 0 Å². The Morgan fingerprint density at radius 3 is 2.83 bits per heavy atom. The number of halogens is 1. The number of pyridine rings is 1. The number of benzene rings is 1. The van der Waals surface area contributed by atoms with Crippen molar-refractivity contribution < 1.29 is 9.50 Å². The minimum atomic E-state index is -0.914. The van der Waals surface area contributed by atoms with E-state index in [1.165, 1.54) is 6.07 Å². The SMILES string of the molecule is CC(C)C(O)(Cc1cc2ccncc2[nH]1)CC1(C)CCN(C)c2ccc(F)cc21. The van der Waals surface area contributed by atoms with E-state index in [-0.39, 0.29) is 17.2 Å². The van der Waals surface area contributed by atoms with Gasteiger partial charge in [0, 0.05) is 43.0 Å². The third-order valence-corrected chi connectivity index (χ3v) is 6.77. The zero-order chi connectivity index (χ0) is 20.8. The zero-order valence-corrected chi connectivity index (χ0v) is 17.7. The van der Waals surface area contributed by atoms with Crippen molar-refractivity contribution in [1.29, 1.82) is 0 Å². The third kappa shape index (κ3) is 3.64. The summed E-state index contributed by atoms with van der Waals surface area (Å²) < 4.78 is 14.1. The molecule has 0 fully saturated rings. The summed E-state index contributed by atoms with van der Waals surface area (Å²) in [7, 11) is 2.05. The number of anilines is 1. The molecule has 4 nitrogen and oxygen atoms in total. The Kier molecular flexibility index (Phi) is 4.89. The largest absolute Gasteiger partial charge is 0.389 e. The first-order valence-electron chi connectivity index (χ1n) is 10.4. The third-order valence-electron chi connectivity index (χ3n) is 6.77. The number of aromatic nitrogens is 2. The molecule has 1 aromatic carbocycles. The van der Waals surface area contributed by atoms with E-state index >= 15 is 0 Å². The lowest BCUT2D eigenvalue weighted by molar-refractivity contribution is -0.0326. The van der Waals surface area contributed by atoms with Crippen LogP contribution >= 0.6 is 0 Å². The molecule has 0 amide bonds. The summed E-state index contributed by atoms with van der Waals surface area (Å²) in [5, 5.41) is 12.9. The first-order chi connectivity index (χ1) is 13.7. The van der Waals surface area contributed by atoms with Gasteiger partial charge in [-0.1, -0.05) is 20.8 Å². The second-order valence-electron chi connectivity index (χ2n) is 9.26. The normalized spacial score (nSPS) is 21.4. The van der Waals surface area contributed by atoms with Crippen LogP contribution in [0.5, 0.6) is 0 Å². The lowest BCUT2D eigenvalue weighted by Crippen LogP contribution is -2.47. The van der Waals surface area contributed by atoms with Gasteiger partial charge < -0.3 is 15.0 Å². The Balaban J connectivity index is 1.69. The van der Waals surface area contributed by atoms with Crippen LogP contribution in [0.25, 0.3) is 10.9 Å². The molecule has 0 aliphatic carbocycles. The monoisotopic (exact) mass is 395 g/mol. The van der Waals surface area contributed by atoms with Crippen LogP contribution in [0.3, 0.4) is 0 Å². The predicted molar refractivity (Wildman–Crippen MR) is 116 cm³/mol. The highest BCUT2D eigenvalue weighted by Gasteiger charge is 2.43. The van der Waals surface area contributed by atoms with Crippen molar-refractivity contribution in [3.05, 3.63) is 59.8 Å². The minimum absolute atomic E-state index is 0.0560. The molecule has 5 heteroatoms. The van der Waals surface area contributed by atoms with E-state index in [4.69, 9.17) is 0 Å². The molecule has 0 saturated heterocycles. The van der Waals surface area contributed by atoms with Crippen molar-refractivity contribution in [1.82, 2.24) is 9.97 Å². The molecule has 0 bridgehead atoms. The molecule has 154 valence electrons. The summed E-state index contributed by atoms with van der Waals surface area (Å²) in [5.74, 6) is -0.165. The van der Waals surface area contributed by atoms with Gasteiger partial charge in [-0.15, -0.1) is 0 Å². The van der Waals surface area contributed by atoms with E-state index in [2.05, 4.69) is 41.7 Å². The lowest BCUT2D eigenvalue weighted by Gasteiger charge is -2.46. The summed E-state index contributed by atoms with van der Waals surface area (Å²) in [4.78, 5) is 9.75. The number of fused-ring (bicyclic) bond motifs is 2. The summed E-state index contributed by atoms with van der Waals surface area (Å²) in [6.07, 6.45) is 5.57. The van der Waals surface area contributed by atoms with Crippen LogP contribution in [-0.4, -0.2) is 34.3 Å². The van der Waals surface area contributed by atoms with Gasteiger partial charge in [-0.05, 0) is 60.1 Å². The minimum Gasteiger partial charge on any atom is -0.389 e. The molecule has 2 unspecified atom stereocenters. The van der Waals surface area contributed by atoms with Gasteiger partial charge >= 0.3 is 0 Å². The molecule has 1 aliphatic heterocycles. The molecule has 3 aromatic rings. The highest BCUT2D eigenvalue weighted by Crippen LogP contribution is 2.46. The molecule has 1 aliphatic rings. The maximum atomic E-state index is 14.1. The Morgan fingerprint density at radius 1 is 1.31 bits per heavy atom. The van der Waals surface area contributed by atoms with Gasteiger partial charge in [0.25, 0.3) is 0 Å². The number of H-pyrrole nitrogens is 1. The van der Waals surface area contributed by atoms with E-state index in [9.17, 15) is 9.50 Å². The van der Waals surface area contributed by atoms with Crippen molar-refractivity contribution in [3.8, 4) is 0 Å². The van der Waals surface area contributed by atoms with Crippen molar-refractivity contribution in [2.75, 3.05) is 18.5 Å². The fourth-order valence-electron chi connectivity index (χ4n) is 4.78. The second-order valence-corrected chi connectivity index (χ2v) is 9.26. The van der Waals surface area contributed by atoms with Gasteiger partial charge in [-0.2, -0.15) is 0 Å². The fourth-order valence-corrected chi connectivity index (χ4v) is 4.78. The Hall–Kier alpha value is -2.40. The molecule has 0 radical (unpaired) electrons. The van der Waals surface area contributed by atoms with E-state index in [0.29, 0.717) is 12.8 Å². The van der Waals surface area contributed by atoms with Crippen molar-refractivity contribution >= 4 is 16.6 Å². The first-order valence-corrected chi connectivity index (χ1v) is 10.4. The first kappa shape index (κ1) is 19.9. The van der Waals surface area contributed by atoms with Gasteiger partial charge in [-0.3, -0.25) is 4.98 Å². The van der Waals surface area contributed by atoms with Crippen molar-refractivity contribution in [2.45, 2.75) is 51.0 Å². The molecular formula is C24H30FN3O. The number of aromatic amines is 1. The number of aliphatic hydroxyl groups is 1. The van der Waals surface area contributed by atoms with Crippen molar-refractivity contribution in [2.24, 2.45) is 5.92 Å². The Labute approximate surface area is 171 Å². The average Bonchev–Trinajstić information content (AvgIpc) is 3.07. The van der Waals surface area contributed by atoms with E-state index < -0.39 is 5.60 Å². The van der Waals surface area contributed by atoms with Crippen LogP contribution in [0, 0.1) is 11.7 Å². The van der Waals surface area contributed by atoms with Crippen molar-refractivity contribution in [3.63, 3.8) is 0 Å². The van der Waals surface area contributed by atoms with Crippen LogP contribution < -0.4 is 4.90 Å². The van der Waals surface area contributed by atoms with Gasteiger partial charge in [0.1, 0.15) is 5.82 Å². The molecule has 4 rings (SSSR count). The number of hydrogen-bond acceptors (Lipinski definition) is 3. The highest BCUT2D eigenvalue weighted by molar-refractivity contribution is 5.79. The number of nitrogens with zero attached hydrogens (tertiary/aromatic N) is 2. The Bertz CT molecular complexity index is 997. The summed E-state index contributed by atoms with van der Waals surface area (Å²) in [6, 6.07) is 9.10. The maximum absolute atomic E-state index is 14.1. The smallest absolute Gasteiger partial charge is 0.123 e. The van der Waals surface area contributed by atoms with Crippen LogP contribution in [0.2, 0.25) is 0 Å². The molecule has 2 N–H and O–H groups in total. The van der Waals surface area contributed by atoms with E-state index in [1.54, 1.807) is 12.3 Å². The zero-order valence-electron chi connectivity index (χ0n) is 17.7. The quantitative estimate of drug-likeness (QED) is 0.651. The second kappa shape index (κ2) is 7.13. The van der Waals surface area contributed by atoms with Gasteiger partial charge in [0.2, 0.25) is 0 Å².